The predicted octanol–water partition coefficient (Wildman–Crippen LogP) is 0.0399. The number of halogens is 1. The summed E-state index contributed by atoms with van der Waals surface area (Å²) in [5, 5.41) is 17.7. The second-order valence-corrected chi connectivity index (χ2v) is 3.47. The monoisotopic (exact) mass is 214 g/mol. The van der Waals surface area contributed by atoms with E-state index in [1.54, 1.807) is 6.26 Å². The van der Waals surface area contributed by atoms with E-state index in [0.29, 0.717) is 6.29 Å². The summed E-state index contributed by atoms with van der Waals surface area (Å²) < 4.78 is 13.3. The largest absolute Gasteiger partial charge is 0.488 e. The van der Waals surface area contributed by atoms with Crippen LogP contribution in [-0.2, 0) is 0 Å². The van der Waals surface area contributed by atoms with Crippen LogP contribution in [0, 0.1) is 5.82 Å². The van der Waals surface area contributed by atoms with E-state index < -0.39 is 12.9 Å². The van der Waals surface area contributed by atoms with Crippen molar-refractivity contribution in [3.63, 3.8) is 0 Å². The van der Waals surface area contributed by atoms with Crippen LogP contribution in [0.1, 0.15) is 10.4 Å². The predicted molar refractivity (Wildman–Crippen MR) is 53.4 cm³/mol. The summed E-state index contributed by atoms with van der Waals surface area (Å²) in [4.78, 5) is 10.7. The molecule has 3 nitrogen and oxygen atoms in total. The number of thioether (sulfide) groups is 1. The maximum absolute atomic E-state index is 13.3. The third-order valence-electron chi connectivity index (χ3n) is 1.73. The Morgan fingerprint density at radius 2 is 2.14 bits per heavy atom. The van der Waals surface area contributed by atoms with E-state index in [9.17, 15) is 9.18 Å². The Bertz CT molecular complexity index is 357. The Morgan fingerprint density at radius 3 is 2.57 bits per heavy atom. The first-order valence-electron chi connectivity index (χ1n) is 3.79. The second kappa shape index (κ2) is 4.59. The van der Waals surface area contributed by atoms with Crippen LogP contribution in [0.25, 0.3) is 0 Å². The van der Waals surface area contributed by atoms with Crippen molar-refractivity contribution in [1.29, 1.82) is 0 Å². The third-order valence-corrected chi connectivity index (χ3v) is 2.47. The summed E-state index contributed by atoms with van der Waals surface area (Å²) in [6.45, 7) is 0. The molecule has 0 saturated heterocycles. The van der Waals surface area contributed by atoms with E-state index in [0.717, 1.165) is 17.8 Å². The van der Waals surface area contributed by atoms with E-state index in [1.807, 2.05) is 0 Å². The molecule has 1 rings (SSSR count). The van der Waals surface area contributed by atoms with Gasteiger partial charge in [-0.15, -0.1) is 11.8 Å². The lowest BCUT2D eigenvalue weighted by atomic mass is 9.79. The summed E-state index contributed by atoms with van der Waals surface area (Å²) in [6.07, 6.45) is 1.99. The molecule has 0 bridgehead atoms. The van der Waals surface area contributed by atoms with Crippen molar-refractivity contribution in [3.05, 3.63) is 23.5 Å². The second-order valence-electron chi connectivity index (χ2n) is 2.62. The molecule has 14 heavy (non-hydrogen) atoms. The molecule has 2 N–H and O–H groups in total. The van der Waals surface area contributed by atoms with Crippen molar-refractivity contribution >= 4 is 30.6 Å². The van der Waals surface area contributed by atoms with Crippen LogP contribution in [0.3, 0.4) is 0 Å². The Kier molecular flexibility index (Phi) is 3.68. The zero-order valence-corrected chi connectivity index (χ0v) is 8.21. The van der Waals surface area contributed by atoms with Gasteiger partial charge in [0, 0.05) is 4.90 Å². The number of hydrogen-bond donors (Lipinski definition) is 2. The minimum atomic E-state index is -1.69. The van der Waals surface area contributed by atoms with E-state index in [4.69, 9.17) is 10.0 Å². The van der Waals surface area contributed by atoms with E-state index in [2.05, 4.69) is 0 Å². The van der Waals surface area contributed by atoms with Gasteiger partial charge in [0.2, 0.25) is 0 Å². The quantitative estimate of drug-likeness (QED) is 0.423. The third kappa shape index (κ3) is 2.15. The minimum Gasteiger partial charge on any atom is -0.423 e. The lowest BCUT2D eigenvalue weighted by Crippen LogP contribution is -2.30. The number of rotatable bonds is 3. The first-order valence-corrected chi connectivity index (χ1v) is 5.01. The van der Waals surface area contributed by atoms with Crippen molar-refractivity contribution < 1.29 is 19.2 Å². The molecule has 0 spiro atoms. The van der Waals surface area contributed by atoms with Gasteiger partial charge in [-0.2, -0.15) is 0 Å². The first-order chi connectivity index (χ1) is 6.60. The van der Waals surface area contributed by atoms with Crippen LogP contribution in [0.4, 0.5) is 4.39 Å². The summed E-state index contributed by atoms with van der Waals surface area (Å²) >= 11 is 1.10. The molecule has 1 aromatic carbocycles. The van der Waals surface area contributed by atoms with Crippen LogP contribution < -0.4 is 5.46 Å². The van der Waals surface area contributed by atoms with Crippen molar-refractivity contribution in [2.75, 3.05) is 6.26 Å². The molecule has 0 saturated carbocycles. The van der Waals surface area contributed by atoms with E-state index in [-0.39, 0.29) is 15.9 Å². The van der Waals surface area contributed by atoms with E-state index >= 15 is 0 Å². The van der Waals surface area contributed by atoms with Gasteiger partial charge in [0.15, 0.2) is 6.29 Å². The number of aldehydes is 1. The number of hydrogen-bond acceptors (Lipinski definition) is 4. The summed E-state index contributed by atoms with van der Waals surface area (Å²) in [7, 11) is -1.69. The van der Waals surface area contributed by atoms with Gasteiger partial charge in [-0.25, -0.2) is 4.39 Å². The van der Waals surface area contributed by atoms with Crippen LogP contribution >= 0.6 is 11.8 Å². The molecule has 74 valence electrons. The summed E-state index contributed by atoms with van der Waals surface area (Å²) in [5.41, 5.74) is -0.0576. The molecule has 0 radical (unpaired) electrons. The Hall–Kier alpha value is -0.845. The molecule has 0 unspecified atom stereocenters. The number of carbonyl (C=O) groups excluding carboxylic acids is 1. The van der Waals surface area contributed by atoms with Gasteiger partial charge in [-0.3, -0.25) is 4.79 Å². The molecule has 0 aliphatic carbocycles. The molecule has 0 atom stereocenters. The SMILES string of the molecule is CSc1cc(B(O)O)cc(C=O)c1F. The van der Waals surface area contributed by atoms with Crippen LogP contribution in [0.5, 0.6) is 0 Å². The van der Waals surface area contributed by atoms with E-state index in [1.165, 1.54) is 6.07 Å². The fourth-order valence-electron chi connectivity index (χ4n) is 1.02. The maximum atomic E-state index is 13.3. The van der Waals surface area contributed by atoms with Gasteiger partial charge in [-0.05, 0) is 23.9 Å². The molecule has 0 aliphatic heterocycles. The molecular weight excluding hydrogens is 206 g/mol. The molecule has 0 aromatic heterocycles. The molecule has 1 aromatic rings. The van der Waals surface area contributed by atoms with Crippen molar-refractivity contribution in [3.8, 4) is 0 Å². The lowest BCUT2D eigenvalue weighted by molar-refractivity contribution is 0.111. The molecule has 0 amide bonds. The molecule has 0 heterocycles. The highest BCUT2D eigenvalue weighted by molar-refractivity contribution is 7.98. The van der Waals surface area contributed by atoms with Gasteiger partial charge in [0.1, 0.15) is 5.82 Å². The highest BCUT2D eigenvalue weighted by Crippen LogP contribution is 2.19. The van der Waals surface area contributed by atoms with Gasteiger partial charge < -0.3 is 10.0 Å². The van der Waals surface area contributed by atoms with Crippen LogP contribution in [-0.4, -0.2) is 29.7 Å². The van der Waals surface area contributed by atoms with Crippen LogP contribution in [0.2, 0.25) is 0 Å². The standard InChI is InChI=1S/C8H8BFO3S/c1-14-7-3-6(9(12)13)2-5(4-11)8(7)10/h2-4,12-13H,1H3. The van der Waals surface area contributed by atoms with Gasteiger partial charge in [-0.1, -0.05) is 0 Å². The average Bonchev–Trinajstić information content (AvgIpc) is 2.17. The number of carbonyl (C=O) groups is 1. The molecule has 6 heteroatoms. The van der Waals surface area contributed by atoms with Crippen molar-refractivity contribution in [1.82, 2.24) is 0 Å². The van der Waals surface area contributed by atoms with Gasteiger partial charge in [0.25, 0.3) is 0 Å². The van der Waals surface area contributed by atoms with Crippen LogP contribution in [0.15, 0.2) is 17.0 Å². The fourth-order valence-corrected chi connectivity index (χ4v) is 1.58. The fraction of sp³-hybridized carbons (Fsp3) is 0.125. The summed E-state index contributed by atoms with van der Waals surface area (Å²) in [5.74, 6) is -0.628. The minimum absolute atomic E-state index is 0.109. The van der Waals surface area contributed by atoms with Crippen molar-refractivity contribution in [2.24, 2.45) is 0 Å². The molecule has 0 aliphatic rings. The first kappa shape index (κ1) is 11.2. The zero-order valence-electron chi connectivity index (χ0n) is 7.40. The van der Waals surface area contributed by atoms with Crippen molar-refractivity contribution in [2.45, 2.75) is 4.90 Å². The topological polar surface area (TPSA) is 57.5 Å². The molecular formula is C8H8BFO3S. The summed E-state index contributed by atoms with van der Waals surface area (Å²) in [6, 6.07) is 2.42. The lowest BCUT2D eigenvalue weighted by Gasteiger charge is -2.06. The van der Waals surface area contributed by atoms with Gasteiger partial charge >= 0.3 is 7.12 Å². The normalized spacial score (nSPS) is 10.0. The smallest absolute Gasteiger partial charge is 0.423 e. The Balaban J connectivity index is 3.31. The molecule has 0 fully saturated rings. The highest BCUT2D eigenvalue weighted by atomic mass is 32.2. The zero-order chi connectivity index (χ0) is 10.7. The Labute approximate surface area is 85.1 Å². The van der Waals surface area contributed by atoms with Gasteiger partial charge in [0.05, 0.1) is 5.56 Å². The highest BCUT2D eigenvalue weighted by Gasteiger charge is 2.16. The maximum Gasteiger partial charge on any atom is 0.488 e. The Morgan fingerprint density at radius 1 is 1.50 bits per heavy atom. The average molecular weight is 214 g/mol. The number of benzene rings is 1.